The highest BCUT2D eigenvalue weighted by Gasteiger charge is 2.17. The topological polar surface area (TPSA) is 109 Å². The molecule has 0 atom stereocenters. The first-order valence-corrected chi connectivity index (χ1v) is 5.94. The first kappa shape index (κ1) is 12.2. The van der Waals surface area contributed by atoms with E-state index in [4.69, 9.17) is 5.73 Å². The Balaban J connectivity index is 2.54. The maximum absolute atomic E-state index is 11.7. The van der Waals surface area contributed by atoms with Gasteiger partial charge in [-0.2, -0.15) is 0 Å². The van der Waals surface area contributed by atoms with E-state index in [-0.39, 0.29) is 22.9 Å². The summed E-state index contributed by atoms with van der Waals surface area (Å²) in [4.78, 5) is 30.0. The average molecular weight is 269 g/mol. The zero-order valence-electron chi connectivity index (χ0n) is 10.6. The first-order valence-electron chi connectivity index (χ1n) is 5.94. The summed E-state index contributed by atoms with van der Waals surface area (Å²) in [5.41, 5.74) is 6.38. The van der Waals surface area contributed by atoms with Crippen LogP contribution in [-0.2, 0) is 0 Å². The number of para-hydroxylation sites is 1. The van der Waals surface area contributed by atoms with Gasteiger partial charge in [0.25, 0.3) is 5.91 Å². The Bertz CT molecular complexity index is 880. The van der Waals surface area contributed by atoms with Gasteiger partial charge in [0.05, 0.1) is 11.0 Å². The molecule has 0 aliphatic carbocycles. The van der Waals surface area contributed by atoms with E-state index in [1.807, 2.05) is 0 Å². The molecule has 6 heteroatoms. The molecule has 2 aromatic heterocycles. The lowest BCUT2D eigenvalue weighted by Crippen LogP contribution is -2.15. The van der Waals surface area contributed by atoms with E-state index < -0.39 is 5.91 Å². The number of nitrogens with zero attached hydrogens (tertiary/aromatic N) is 1. The minimum atomic E-state index is -0.705. The van der Waals surface area contributed by atoms with Crippen LogP contribution < -0.4 is 5.73 Å². The molecule has 20 heavy (non-hydrogen) atoms. The minimum absolute atomic E-state index is 0.0203. The second-order valence-corrected chi connectivity index (χ2v) is 4.52. The van der Waals surface area contributed by atoms with Crippen LogP contribution in [0.25, 0.3) is 21.8 Å². The average Bonchev–Trinajstić information content (AvgIpc) is 2.77. The molecule has 6 nitrogen and oxygen atoms in total. The second-order valence-electron chi connectivity index (χ2n) is 4.52. The number of phenols is 1. The molecule has 0 saturated heterocycles. The number of fused-ring (bicyclic) bond motifs is 3. The van der Waals surface area contributed by atoms with E-state index in [9.17, 15) is 14.7 Å². The summed E-state index contributed by atoms with van der Waals surface area (Å²) in [6.45, 7) is 1.36. The Hall–Kier alpha value is -2.89. The zero-order chi connectivity index (χ0) is 14.4. The molecule has 0 aliphatic rings. The van der Waals surface area contributed by atoms with Crippen LogP contribution >= 0.6 is 0 Å². The van der Waals surface area contributed by atoms with E-state index in [0.29, 0.717) is 21.8 Å². The second kappa shape index (κ2) is 4.06. The molecule has 0 unspecified atom stereocenters. The van der Waals surface area contributed by atoms with Crippen molar-refractivity contribution in [2.75, 3.05) is 0 Å². The highest BCUT2D eigenvalue weighted by atomic mass is 16.3. The summed E-state index contributed by atoms with van der Waals surface area (Å²) in [6, 6.07) is 6.52. The van der Waals surface area contributed by atoms with Crippen molar-refractivity contribution >= 4 is 33.5 Å². The van der Waals surface area contributed by atoms with E-state index in [0.717, 1.165) is 0 Å². The number of nitrogens with two attached hydrogens (primary N) is 1. The monoisotopic (exact) mass is 269 g/mol. The van der Waals surface area contributed by atoms with Crippen LogP contribution in [0.2, 0.25) is 0 Å². The van der Waals surface area contributed by atoms with Gasteiger partial charge in [0, 0.05) is 17.7 Å². The molecule has 3 rings (SSSR count). The number of Topliss-reactive ketones (excluding diaryl/α,β-unsaturated/α-hetero) is 1. The van der Waals surface area contributed by atoms with Gasteiger partial charge in [-0.3, -0.25) is 9.59 Å². The number of aromatic hydroxyl groups is 1. The molecule has 2 heterocycles. The fraction of sp³-hybridized carbons (Fsp3) is 0.0714. The summed E-state index contributed by atoms with van der Waals surface area (Å²) in [7, 11) is 0. The molecule has 1 aromatic carbocycles. The van der Waals surface area contributed by atoms with Gasteiger partial charge >= 0.3 is 0 Å². The Morgan fingerprint density at radius 1 is 1.25 bits per heavy atom. The quantitative estimate of drug-likeness (QED) is 0.615. The highest BCUT2D eigenvalue weighted by Crippen LogP contribution is 2.32. The molecule has 0 bridgehead atoms. The Morgan fingerprint density at radius 2 is 2.00 bits per heavy atom. The first-order chi connectivity index (χ1) is 9.49. The number of pyridine rings is 1. The van der Waals surface area contributed by atoms with Gasteiger partial charge in [-0.1, -0.05) is 12.1 Å². The van der Waals surface area contributed by atoms with Gasteiger partial charge in [-0.05, 0) is 12.1 Å². The summed E-state index contributed by atoms with van der Waals surface area (Å²) < 4.78 is 0. The number of amides is 1. The van der Waals surface area contributed by atoms with Gasteiger partial charge in [0.2, 0.25) is 0 Å². The largest absolute Gasteiger partial charge is 0.506 e. The number of hydrogen-bond donors (Lipinski definition) is 3. The van der Waals surface area contributed by atoms with Gasteiger partial charge in [-0.25, -0.2) is 4.98 Å². The number of aromatic nitrogens is 2. The van der Waals surface area contributed by atoms with Gasteiger partial charge in [0.1, 0.15) is 17.1 Å². The van der Waals surface area contributed by atoms with Gasteiger partial charge in [-0.15, -0.1) is 0 Å². The summed E-state index contributed by atoms with van der Waals surface area (Å²) in [6.07, 6.45) is 0. The SMILES string of the molecule is CC(=O)c1nc(C(N)=O)cc2c1[nH]c1c(O)cccc12. The van der Waals surface area contributed by atoms with Crippen molar-refractivity contribution in [1.29, 1.82) is 0 Å². The number of aromatic amines is 1. The minimum Gasteiger partial charge on any atom is -0.506 e. The number of H-pyrrole nitrogens is 1. The number of carbonyl (C=O) groups excluding carboxylic acids is 2. The third-order valence-electron chi connectivity index (χ3n) is 3.19. The number of phenolic OH excluding ortho intramolecular Hbond substituents is 1. The summed E-state index contributed by atoms with van der Waals surface area (Å²) >= 11 is 0. The molecular weight excluding hydrogens is 258 g/mol. The lowest BCUT2D eigenvalue weighted by molar-refractivity contribution is 0.0995. The van der Waals surface area contributed by atoms with Crippen LogP contribution in [0.5, 0.6) is 5.75 Å². The highest BCUT2D eigenvalue weighted by molar-refractivity contribution is 6.16. The lowest BCUT2D eigenvalue weighted by atomic mass is 10.1. The molecule has 0 spiro atoms. The summed E-state index contributed by atoms with van der Waals surface area (Å²) in [5, 5.41) is 11.2. The van der Waals surface area contributed by atoms with E-state index >= 15 is 0 Å². The van der Waals surface area contributed by atoms with Crippen LogP contribution in [0.15, 0.2) is 24.3 Å². The number of nitrogens with one attached hydrogen (secondary N) is 1. The van der Waals surface area contributed by atoms with Crippen molar-refractivity contribution in [3.8, 4) is 5.75 Å². The maximum atomic E-state index is 11.7. The van der Waals surface area contributed by atoms with E-state index in [2.05, 4.69) is 9.97 Å². The van der Waals surface area contributed by atoms with Crippen LogP contribution in [0.4, 0.5) is 0 Å². The third-order valence-corrected chi connectivity index (χ3v) is 3.19. The fourth-order valence-corrected chi connectivity index (χ4v) is 2.29. The predicted molar refractivity (Wildman–Crippen MR) is 73.8 cm³/mol. The van der Waals surface area contributed by atoms with E-state index in [1.165, 1.54) is 19.1 Å². The summed E-state index contributed by atoms with van der Waals surface area (Å²) in [5.74, 6) is -0.929. The van der Waals surface area contributed by atoms with Crippen LogP contribution in [-0.4, -0.2) is 26.8 Å². The molecule has 0 fully saturated rings. The molecule has 0 saturated carbocycles. The smallest absolute Gasteiger partial charge is 0.267 e. The van der Waals surface area contributed by atoms with Gasteiger partial charge in [0.15, 0.2) is 5.78 Å². The van der Waals surface area contributed by atoms with Crippen molar-refractivity contribution in [3.63, 3.8) is 0 Å². The number of ketones is 1. The van der Waals surface area contributed by atoms with Gasteiger partial charge < -0.3 is 15.8 Å². The van der Waals surface area contributed by atoms with Crippen molar-refractivity contribution in [2.24, 2.45) is 5.73 Å². The number of hydrogen-bond acceptors (Lipinski definition) is 4. The number of rotatable bonds is 2. The molecular formula is C14H11N3O3. The van der Waals surface area contributed by atoms with Crippen molar-refractivity contribution in [3.05, 3.63) is 35.7 Å². The Kier molecular flexibility index (Phi) is 2.47. The number of primary amides is 1. The Morgan fingerprint density at radius 3 is 2.65 bits per heavy atom. The fourth-order valence-electron chi connectivity index (χ4n) is 2.29. The number of benzene rings is 1. The molecule has 0 aliphatic heterocycles. The maximum Gasteiger partial charge on any atom is 0.267 e. The lowest BCUT2D eigenvalue weighted by Gasteiger charge is -2.01. The number of carbonyl (C=O) groups is 2. The predicted octanol–water partition coefficient (Wildman–Crippen LogP) is 1.72. The van der Waals surface area contributed by atoms with Crippen molar-refractivity contribution < 1.29 is 14.7 Å². The van der Waals surface area contributed by atoms with Crippen molar-refractivity contribution in [1.82, 2.24) is 9.97 Å². The van der Waals surface area contributed by atoms with Crippen LogP contribution in [0, 0.1) is 0 Å². The third kappa shape index (κ3) is 1.62. The zero-order valence-corrected chi connectivity index (χ0v) is 10.6. The molecule has 100 valence electrons. The molecule has 1 amide bonds. The standard InChI is InChI=1S/C14H11N3O3/c1-6(18)11-13-8(5-9(16-11)14(15)20)7-3-2-4-10(19)12(7)17-13/h2-5,17,19H,1H3,(H2,15,20). The van der Waals surface area contributed by atoms with Crippen molar-refractivity contribution in [2.45, 2.75) is 6.92 Å². The van der Waals surface area contributed by atoms with Crippen LogP contribution in [0.3, 0.4) is 0 Å². The normalized spacial score (nSPS) is 11.1. The Labute approximate surface area is 113 Å². The van der Waals surface area contributed by atoms with Crippen LogP contribution in [0.1, 0.15) is 27.9 Å². The van der Waals surface area contributed by atoms with E-state index in [1.54, 1.807) is 12.1 Å². The molecule has 4 N–H and O–H groups in total. The molecule has 0 radical (unpaired) electrons. The molecule has 3 aromatic rings.